The van der Waals surface area contributed by atoms with E-state index in [-0.39, 0.29) is 5.84 Å². The van der Waals surface area contributed by atoms with Gasteiger partial charge in [-0.3, -0.25) is 0 Å². The van der Waals surface area contributed by atoms with Gasteiger partial charge in [0.2, 0.25) is 5.96 Å². The first-order valence-corrected chi connectivity index (χ1v) is 9.19. The Hall–Kier alpha value is -1.53. The van der Waals surface area contributed by atoms with Crippen molar-refractivity contribution in [1.82, 2.24) is 9.82 Å². The number of nitrogens with one attached hydrogen (secondary N) is 1. The second kappa shape index (κ2) is 8.05. The number of aromatic nitrogens is 1. The van der Waals surface area contributed by atoms with Crippen molar-refractivity contribution in [1.29, 1.82) is 0 Å². The summed E-state index contributed by atoms with van der Waals surface area (Å²) in [6.07, 6.45) is 0.330. The third kappa shape index (κ3) is 7.72. The molecule has 7 N–H and O–H groups in total. The molecule has 21 heavy (non-hydrogen) atoms. The molecule has 0 aliphatic rings. The van der Waals surface area contributed by atoms with Crippen LogP contribution in [0.5, 0.6) is 0 Å². The maximum absolute atomic E-state index is 11.4. The van der Waals surface area contributed by atoms with E-state index in [2.05, 4.69) is 14.5 Å². The number of hydrogen-bond acceptors (Lipinski definition) is 6. The van der Waals surface area contributed by atoms with Gasteiger partial charge in [-0.15, -0.1) is 20.8 Å². The van der Waals surface area contributed by atoms with Crippen molar-refractivity contribution in [2.24, 2.45) is 26.7 Å². The number of thioether (sulfide) groups is 1. The van der Waals surface area contributed by atoms with E-state index in [0.717, 1.165) is 16.5 Å². The van der Waals surface area contributed by atoms with E-state index in [1.165, 1.54) is 0 Å². The minimum Gasteiger partial charge on any atom is -0.386 e. The zero-order valence-electron chi connectivity index (χ0n) is 11.3. The van der Waals surface area contributed by atoms with Crippen LogP contribution < -0.4 is 22.0 Å². The molecule has 0 aliphatic carbocycles. The maximum atomic E-state index is 11.4. The second-order valence-electron chi connectivity index (χ2n) is 3.85. The first-order valence-electron chi connectivity index (χ1n) is 5.72. The van der Waals surface area contributed by atoms with Crippen LogP contribution in [0.15, 0.2) is 14.9 Å². The third-order valence-corrected chi connectivity index (χ3v) is 4.56. The number of hydrazone groups is 1. The molecule has 0 saturated carbocycles. The monoisotopic (exact) mass is 351 g/mol. The van der Waals surface area contributed by atoms with Crippen molar-refractivity contribution in [2.45, 2.75) is 19.1 Å². The zero-order valence-corrected chi connectivity index (χ0v) is 13.8. The molecule has 1 aromatic rings. The first-order chi connectivity index (χ1) is 9.78. The van der Waals surface area contributed by atoms with E-state index in [1.807, 2.05) is 12.3 Å². The topological polar surface area (TPSA) is 162 Å². The summed E-state index contributed by atoms with van der Waals surface area (Å²) >= 11 is 3.18. The number of aryl methyl sites for hydroxylation is 1. The number of nitrogens with zero attached hydrogens (tertiary/aromatic N) is 3. The largest absolute Gasteiger partial charge is 0.386 e. The van der Waals surface area contributed by atoms with Crippen molar-refractivity contribution in [3.05, 3.63) is 16.1 Å². The highest BCUT2D eigenvalue weighted by Crippen LogP contribution is 2.15. The minimum atomic E-state index is -4.02. The second-order valence-corrected chi connectivity index (χ2v) is 7.33. The lowest BCUT2D eigenvalue weighted by molar-refractivity contribution is 0.586. The highest BCUT2D eigenvalue weighted by molar-refractivity contribution is 7.98. The van der Waals surface area contributed by atoms with Crippen molar-refractivity contribution < 1.29 is 8.42 Å². The maximum Gasteiger partial charge on any atom is 0.358 e. The van der Waals surface area contributed by atoms with Crippen molar-refractivity contribution in [2.75, 3.05) is 5.75 Å². The molecule has 0 amide bonds. The Labute approximate surface area is 131 Å². The van der Waals surface area contributed by atoms with Crippen LogP contribution in [0.1, 0.15) is 17.1 Å². The van der Waals surface area contributed by atoms with Gasteiger partial charge in [-0.05, 0) is 6.92 Å². The van der Waals surface area contributed by atoms with Crippen molar-refractivity contribution in [3.63, 3.8) is 0 Å². The lowest BCUT2D eigenvalue weighted by Crippen LogP contribution is -2.29. The minimum absolute atomic E-state index is 0.0183. The standard InChI is InChI=1S/C9H17N7O2S3/c1-6-13-7(5-20-6)4-19-3-2-8(10)15-21(17,18)16-14-9(11)12/h5,16H,2-4H2,1H3,(H2,10,15)(H4,11,12,14). The molecule has 0 atom stereocenters. The van der Waals surface area contributed by atoms with Crippen LogP contribution in [0, 0.1) is 6.92 Å². The summed E-state index contributed by atoms with van der Waals surface area (Å²) in [6.45, 7) is 1.94. The molecule has 12 heteroatoms. The smallest absolute Gasteiger partial charge is 0.358 e. The Bertz CT molecular complexity index is 619. The summed E-state index contributed by atoms with van der Waals surface area (Å²) in [5.74, 6) is 0.942. The quantitative estimate of drug-likeness (QED) is 0.211. The Morgan fingerprint density at radius 2 is 2.19 bits per heavy atom. The molecule has 1 heterocycles. The van der Waals surface area contributed by atoms with Crippen LogP contribution in [0.4, 0.5) is 0 Å². The van der Waals surface area contributed by atoms with Crippen LogP contribution >= 0.6 is 23.1 Å². The number of thiazole rings is 1. The van der Waals surface area contributed by atoms with Gasteiger partial charge in [0.15, 0.2) is 0 Å². The SMILES string of the molecule is Cc1nc(CSCC/C(N)=N\S(=O)(=O)NN=C(N)N)cs1. The van der Waals surface area contributed by atoms with Crippen LogP contribution in [0.3, 0.4) is 0 Å². The fraction of sp³-hybridized carbons (Fsp3) is 0.444. The summed E-state index contributed by atoms with van der Waals surface area (Å²) < 4.78 is 26.1. The molecule has 1 aromatic heterocycles. The molecule has 0 spiro atoms. The van der Waals surface area contributed by atoms with Crippen molar-refractivity contribution >= 4 is 45.1 Å². The fourth-order valence-electron chi connectivity index (χ4n) is 1.16. The number of guanidine groups is 1. The summed E-state index contributed by atoms with van der Waals surface area (Å²) in [4.78, 5) is 6.06. The van der Waals surface area contributed by atoms with Crippen LogP contribution in [0.25, 0.3) is 0 Å². The molecule has 0 bridgehead atoms. The normalized spacial score (nSPS) is 12.1. The van der Waals surface area contributed by atoms with E-state index in [9.17, 15) is 8.42 Å². The molecule has 0 aliphatic heterocycles. The Balaban J connectivity index is 2.37. The summed E-state index contributed by atoms with van der Waals surface area (Å²) in [5, 5.41) is 6.15. The molecular weight excluding hydrogens is 334 g/mol. The molecule has 0 unspecified atom stereocenters. The highest BCUT2D eigenvalue weighted by atomic mass is 32.2. The van der Waals surface area contributed by atoms with E-state index in [0.29, 0.717) is 12.2 Å². The number of rotatable bonds is 8. The average molecular weight is 351 g/mol. The fourth-order valence-corrected chi connectivity index (χ4v) is 3.39. The van der Waals surface area contributed by atoms with Crippen molar-refractivity contribution in [3.8, 4) is 0 Å². The van der Waals surface area contributed by atoms with Gasteiger partial charge in [0, 0.05) is 23.3 Å². The predicted octanol–water partition coefficient (Wildman–Crippen LogP) is -0.545. The van der Waals surface area contributed by atoms with Gasteiger partial charge in [-0.2, -0.15) is 25.0 Å². The van der Waals surface area contributed by atoms with Crippen LogP contribution in [-0.4, -0.2) is 30.9 Å². The Kier molecular flexibility index (Phi) is 6.71. The Morgan fingerprint density at radius 1 is 1.48 bits per heavy atom. The van der Waals surface area contributed by atoms with Gasteiger partial charge in [-0.1, -0.05) is 0 Å². The predicted molar refractivity (Wildman–Crippen MR) is 87.1 cm³/mol. The zero-order chi connectivity index (χ0) is 15.9. The lowest BCUT2D eigenvalue weighted by Gasteiger charge is -2.02. The van der Waals surface area contributed by atoms with E-state index in [4.69, 9.17) is 17.2 Å². The van der Waals surface area contributed by atoms with Gasteiger partial charge >= 0.3 is 10.2 Å². The molecule has 1 rings (SSSR count). The molecule has 0 aromatic carbocycles. The molecule has 118 valence electrons. The van der Waals surface area contributed by atoms with Gasteiger partial charge in [-0.25, -0.2) is 4.98 Å². The lowest BCUT2D eigenvalue weighted by atomic mass is 10.5. The molecule has 0 radical (unpaired) electrons. The molecular formula is C9H17N7O2S3. The number of amidine groups is 1. The summed E-state index contributed by atoms with van der Waals surface area (Å²) in [5.41, 5.74) is 16.5. The average Bonchev–Trinajstić information content (AvgIpc) is 2.78. The number of hydrogen-bond donors (Lipinski definition) is 4. The van der Waals surface area contributed by atoms with Gasteiger partial charge in [0.05, 0.1) is 10.7 Å². The number of nitrogens with two attached hydrogens (primary N) is 3. The molecule has 0 saturated heterocycles. The first kappa shape index (κ1) is 17.5. The van der Waals surface area contributed by atoms with E-state index in [1.54, 1.807) is 27.9 Å². The molecule has 0 fully saturated rings. The molecule has 9 nitrogen and oxygen atoms in total. The summed E-state index contributed by atoms with van der Waals surface area (Å²) in [6, 6.07) is 0. The van der Waals surface area contributed by atoms with E-state index >= 15 is 0 Å². The van der Waals surface area contributed by atoms with E-state index < -0.39 is 16.2 Å². The highest BCUT2D eigenvalue weighted by Gasteiger charge is 2.07. The van der Waals surface area contributed by atoms with Gasteiger partial charge < -0.3 is 17.2 Å². The Morgan fingerprint density at radius 3 is 2.76 bits per heavy atom. The van der Waals surface area contributed by atoms with Crippen LogP contribution in [-0.2, 0) is 16.0 Å². The summed E-state index contributed by atoms with van der Waals surface area (Å²) in [7, 11) is -4.02. The van der Waals surface area contributed by atoms with Gasteiger partial charge in [0.25, 0.3) is 0 Å². The van der Waals surface area contributed by atoms with Crippen LogP contribution in [0.2, 0.25) is 0 Å². The van der Waals surface area contributed by atoms with Gasteiger partial charge in [0.1, 0.15) is 5.84 Å². The third-order valence-electron chi connectivity index (χ3n) is 1.95.